The van der Waals surface area contributed by atoms with Gasteiger partial charge in [-0.05, 0) is 42.3 Å². The van der Waals surface area contributed by atoms with Crippen LogP contribution in [0.5, 0.6) is 17.4 Å². The molecule has 0 saturated heterocycles. The number of para-hydroxylation sites is 2. The van der Waals surface area contributed by atoms with Gasteiger partial charge in [0, 0.05) is 24.9 Å². The number of nitrogens with one attached hydrogen (secondary N) is 1. The quantitative estimate of drug-likeness (QED) is 0.701. The molecular weight excluding hydrogens is 330 g/mol. The molecule has 0 unspecified atom stereocenters. The van der Waals surface area contributed by atoms with Crippen LogP contribution in [0.15, 0.2) is 67.1 Å². The van der Waals surface area contributed by atoms with Crippen LogP contribution in [0.25, 0.3) is 0 Å². The van der Waals surface area contributed by atoms with Crippen molar-refractivity contribution in [3.8, 4) is 17.4 Å². The number of pyridine rings is 2. The van der Waals surface area contributed by atoms with Crippen molar-refractivity contribution in [2.75, 3.05) is 12.4 Å². The fraction of sp³-hybridized carbons (Fsp3) is 0.150. The van der Waals surface area contributed by atoms with Crippen LogP contribution in [0.3, 0.4) is 0 Å². The lowest BCUT2D eigenvalue weighted by Gasteiger charge is -2.10. The molecule has 0 aliphatic carbocycles. The number of aryl methyl sites for hydroxylation is 1. The number of methoxy groups -OCH3 is 1. The van der Waals surface area contributed by atoms with Crippen molar-refractivity contribution < 1.29 is 14.3 Å². The van der Waals surface area contributed by atoms with Crippen molar-refractivity contribution in [2.45, 2.75) is 12.8 Å². The summed E-state index contributed by atoms with van der Waals surface area (Å²) >= 11 is 0. The fourth-order valence-corrected chi connectivity index (χ4v) is 2.36. The van der Waals surface area contributed by atoms with E-state index in [2.05, 4.69) is 15.3 Å². The smallest absolute Gasteiger partial charge is 0.224 e. The lowest BCUT2D eigenvalue weighted by atomic mass is 10.1. The molecule has 1 amide bonds. The van der Waals surface area contributed by atoms with E-state index < -0.39 is 0 Å². The Kier molecular flexibility index (Phi) is 5.77. The van der Waals surface area contributed by atoms with Crippen molar-refractivity contribution >= 4 is 11.6 Å². The van der Waals surface area contributed by atoms with Gasteiger partial charge in [-0.25, -0.2) is 4.98 Å². The molecule has 26 heavy (non-hydrogen) atoms. The second-order valence-electron chi connectivity index (χ2n) is 5.54. The predicted molar refractivity (Wildman–Crippen MR) is 98.5 cm³/mol. The highest BCUT2D eigenvalue weighted by atomic mass is 16.5. The van der Waals surface area contributed by atoms with E-state index >= 15 is 0 Å². The number of nitrogens with zero attached hydrogens (tertiary/aromatic N) is 2. The molecule has 6 heteroatoms. The molecule has 2 heterocycles. The van der Waals surface area contributed by atoms with Gasteiger partial charge in [-0.3, -0.25) is 9.78 Å². The fourth-order valence-electron chi connectivity index (χ4n) is 2.36. The molecule has 0 bridgehead atoms. The second kappa shape index (κ2) is 8.62. The normalized spacial score (nSPS) is 10.2. The Morgan fingerprint density at radius 3 is 2.50 bits per heavy atom. The molecule has 0 atom stereocenters. The highest BCUT2D eigenvalue weighted by molar-refractivity contribution is 5.90. The van der Waals surface area contributed by atoms with Crippen LogP contribution in [0.2, 0.25) is 0 Å². The van der Waals surface area contributed by atoms with Crippen LogP contribution in [0.4, 0.5) is 5.69 Å². The van der Waals surface area contributed by atoms with E-state index in [1.54, 1.807) is 43.9 Å². The summed E-state index contributed by atoms with van der Waals surface area (Å²) in [5.74, 6) is 1.56. The van der Waals surface area contributed by atoms with Gasteiger partial charge in [0.25, 0.3) is 0 Å². The highest BCUT2D eigenvalue weighted by Gasteiger charge is 2.07. The number of hydrogen-bond donors (Lipinski definition) is 1. The zero-order chi connectivity index (χ0) is 18.2. The molecule has 3 rings (SSSR count). The lowest BCUT2D eigenvalue weighted by molar-refractivity contribution is -0.116. The van der Waals surface area contributed by atoms with E-state index in [1.165, 1.54) is 0 Å². The second-order valence-corrected chi connectivity index (χ2v) is 5.54. The summed E-state index contributed by atoms with van der Waals surface area (Å²) in [6.07, 6.45) is 6.06. The SMILES string of the molecule is COc1ccccc1Oc1ccc(NC(=O)CCc2ccncc2)cn1. The van der Waals surface area contributed by atoms with Gasteiger partial charge in [-0.2, -0.15) is 0 Å². The first-order valence-electron chi connectivity index (χ1n) is 8.20. The molecule has 0 saturated carbocycles. The van der Waals surface area contributed by atoms with Gasteiger partial charge in [0.15, 0.2) is 11.5 Å². The minimum absolute atomic E-state index is 0.0676. The van der Waals surface area contributed by atoms with Gasteiger partial charge in [0.1, 0.15) is 0 Å². The maximum Gasteiger partial charge on any atom is 0.224 e. The number of hydrogen-bond acceptors (Lipinski definition) is 5. The number of ether oxygens (including phenoxy) is 2. The molecule has 3 aromatic rings. The number of anilines is 1. The van der Waals surface area contributed by atoms with Crippen molar-refractivity contribution in [3.63, 3.8) is 0 Å². The summed E-state index contributed by atoms with van der Waals surface area (Å²) in [4.78, 5) is 20.2. The third-order valence-corrected chi connectivity index (χ3v) is 3.69. The molecule has 0 aliphatic rings. The largest absolute Gasteiger partial charge is 0.493 e. The minimum Gasteiger partial charge on any atom is -0.493 e. The lowest BCUT2D eigenvalue weighted by Crippen LogP contribution is -2.12. The van der Waals surface area contributed by atoms with Crippen LogP contribution in [0, 0.1) is 0 Å². The molecular formula is C20H19N3O3. The van der Waals surface area contributed by atoms with Crippen LogP contribution in [0.1, 0.15) is 12.0 Å². The Morgan fingerprint density at radius 2 is 1.81 bits per heavy atom. The molecule has 0 radical (unpaired) electrons. The van der Waals surface area contributed by atoms with E-state index in [0.717, 1.165) is 5.56 Å². The topological polar surface area (TPSA) is 73.3 Å². The van der Waals surface area contributed by atoms with E-state index in [1.807, 2.05) is 30.3 Å². The summed E-state index contributed by atoms with van der Waals surface area (Å²) in [6, 6.07) is 14.6. The standard InChI is InChI=1S/C20H19N3O3/c1-25-17-4-2-3-5-18(17)26-20-9-7-16(14-22-20)23-19(24)8-6-15-10-12-21-13-11-15/h2-5,7,9-14H,6,8H2,1H3,(H,23,24). The molecule has 1 aromatic carbocycles. The van der Waals surface area contributed by atoms with E-state index in [9.17, 15) is 4.79 Å². The van der Waals surface area contributed by atoms with Gasteiger partial charge in [-0.15, -0.1) is 0 Å². The highest BCUT2D eigenvalue weighted by Crippen LogP contribution is 2.30. The molecule has 2 aromatic heterocycles. The van der Waals surface area contributed by atoms with Crippen molar-refractivity contribution in [3.05, 3.63) is 72.7 Å². The first-order valence-corrected chi connectivity index (χ1v) is 8.20. The van der Waals surface area contributed by atoms with E-state index in [-0.39, 0.29) is 5.91 Å². The number of carbonyl (C=O) groups is 1. The van der Waals surface area contributed by atoms with Crippen LogP contribution in [-0.4, -0.2) is 23.0 Å². The third-order valence-electron chi connectivity index (χ3n) is 3.69. The minimum atomic E-state index is -0.0676. The average Bonchev–Trinajstić information content (AvgIpc) is 2.69. The van der Waals surface area contributed by atoms with E-state index in [0.29, 0.717) is 35.9 Å². The Bertz CT molecular complexity index is 852. The number of rotatable bonds is 7. The first kappa shape index (κ1) is 17.4. The molecule has 6 nitrogen and oxygen atoms in total. The number of carbonyl (C=O) groups excluding carboxylic acids is 1. The molecule has 0 spiro atoms. The van der Waals surface area contributed by atoms with Crippen molar-refractivity contribution in [1.82, 2.24) is 9.97 Å². The summed E-state index contributed by atoms with van der Waals surface area (Å²) < 4.78 is 11.0. The molecule has 0 aliphatic heterocycles. The zero-order valence-corrected chi connectivity index (χ0v) is 14.4. The number of aromatic nitrogens is 2. The van der Waals surface area contributed by atoms with Crippen LogP contribution in [-0.2, 0) is 11.2 Å². The monoisotopic (exact) mass is 349 g/mol. The van der Waals surface area contributed by atoms with Crippen molar-refractivity contribution in [1.29, 1.82) is 0 Å². The van der Waals surface area contributed by atoms with Gasteiger partial charge in [0.2, 0.25) is 11.8 Å². The van der Waals surface area contributed by atoms with Crippen LogP contribution < -0.4 is 14.8 Å². The molecule has 0 fully saturated rings. The zero-order valence-electron chi connectivity index (χ0n) is 14.4. The van der Waals surface area contributed by atoms with Gasteiger partial charge < -0.3 is 14.8 Å². The Balaban J connectivity index is 1.55. The average molecular weight is 349 g/mol. The maximum atomic E-state index is 12.0. The van der Waals surface area contributed by atoms with Crippen molar-refractivity contribution in [2.24, 2.45) is 0 Å². The van der Waals surface area contributed by atoms with Gasteiger partial charge >= 0.3 is 0 Å². The molecule has 1 N–H and O–H groups in total. The van der Waals surface area contributed by atoms with E-state index in [4.69, 9.17) is 9.47 Å². The number of amides is 1. The van der Waals surface area contributed by atoms with Crippen LogP contribution >= 0.6 is 0 Å². The summed E-state index contributed by atoms with van der Waals surface area (Å²) in [5, 5.41) is 2.83. The summed E-state index contributed by atoms with van der Waals surface area (Å²) in [7, 11) is 1.58. The van der Waals surface area contributed by atoms with Gasteiger partial charge in [0.05, 0.1) is 19.0 Å². The molecule has 132 valence electrons. The maximum absolute atomic E-state index is 12.0. The summed E-state index contributed by atoms with van der Waals surface area (Å²) in [6.45, 7) is 0. The first-order chi connectivity index (χ1) is 12.7. The summed E-state index contributed by atoms with van der Waals surface area (Å²) in [5.41, 5.74) is 1.70. The Hall–Kier alpha value is -3.41. The Morgan fingerprint density at radius 1 is 1.04 bits per heavy atom. The predicted octanol–water partition coefficient (Wildman–Crippen LogP) is 3.85. The third kappa shape index (κ3) is 4.80. The van der Waals surface area contributed by atoms with Gasteiger partial charge in [-0.1, -0.05) is 12.1 Å². The Labute approximate surface area is 151 Å². The number of benzene rings is 1.